The summed E-state index contributed by atoms with van der Waals surface area (Å²) in [6, 6.07) is 6.63. The molecule has 0 spiro atoms. The van der Waals surface area contributed by atoms with Crippen LogP contribution in [0.3, 0.4) is 0 Å². The summed E-state index contributed by atoms with van der Waals surface area (Å²) >= 11 is 6.88. The summed E-state index contributed by atoms with van der Waals surface area (Å²) in [5.41, 5.74) is 1.47. The quantitative estimate of drug-likeness (QED) is 0.883. The van der Waals surface area contributed by atoms with Crippen molar-refractivity contribution in [2.24, 2.45) is 0 Å². The molecule has 0 saturated heterocycles. The number of benzene rings is 1. The number of anilines is 1. The van der Waals surface area contributed by atoms with E-state index in [2.05, 4.69) is 5.32 Å². The molecule has 0 fully saturated rings. The topological polar surface area (TPSA) is 75.6 Å². The van der Waals surface area contributed by atoms with Gasteiger partial charge in [-0.1, -0.05) is 11.6 Å². The van der Waals surface area contributed by atoms with Crippen LogP contribution >= 0.6 is 22.9 Å². The molecule has 2 N–H and O–H groups in total. The Morgan fingerprint density at radius 1 is 1.38 bits per heavy atom. The number of carbonyl (C=O) groups is 2. The fraction of sp³-hybridized carbons (Fsp3) is 0.143. The number of hydrogen-bond donors (Lipinski definition) is 2. The second-order valence-electron chi connectivity index (χ2n) is 4.22. The van der Waals surface area contributed by atoms with Crippen molar-refractivity contribution in [3.63, 3.8) is 0 Å². The van der Waals surface area contributed by atoms with Crippen molar-refractivity contribution in [3.05, 3.63) is 45.1 Å². The number of carboxylic acid groups (broad SMARTS) is 1. The summed E-state index contributed by atoms with van der Waals surface area (Å²) in [5, 5.41) is 13.8. The van der Waals surface area contributed by atoms with Crippen molar-refractivity contribution in [1.29, 1.82) is 0 Å². The molecule has 1 heterocycles. The molecule has 0 aliphatic rings. The Labute approximate surface area is 130 Å². The van der Waals surface area contributed by atoms with Crippen LogP contribution in [-0.2, 0) is 4.79 Å². The number of halogens is 1. The lowest BCUT2D eigenvalue weighted by Gasteiger charge is -2.09. The molecule has 0 atom stereocenters. The summed E-state index contributed by atoms with van der Waals surface area (Å²) in [6.07, 6.45) is 0. The van der Waals surface area contributed by atoms with Crippen LogP contribution in [0, 0.1) is 6.92 Å². The van der Waals surface area contributed by atoms with Gasteiger partial charge >= 0.3 is 5.97 Å². The van der Waals surface area contributed by atoms with E-state index in [0.29, 0.717) is 10.7 Å². The van der Waals surface area contributed by atoms with Crippen LogP contribution in [0.15, 0.2) is 29.6 Å². The maximum absolute atomic E-state index is 11.8. The van der Waals surface area contributed by atoms with E-state index in [1.165, 1.54) is 6.07 Å². The number of rotatable bonds is 5. The predicted molar refractivity (Wildman–Crippen MR) is 81.6 cm³/mol. The van der Waals surface area contributed by atoms with Gasteiger partial charge in [-0.25, -0.2) is 4.79 Å². The van der Waals surface area contributed by atoms with E-state index < -0.39 is 5.97 Å². The number of carboxylic acids is 1. The van der Waals surface area contributed by atoms with Gasteiger partial charge in [-0.3, -0.25) is 4.79 Å². The summed E-state index contributed by atoms with van der Waals surface area (Å²) in [5.74, 6) is -1.26. The number of hydrogen-bond acceptors (Lipinski definition) is 4. The lowest BCUT2D eigenvalue weighted by molar-refractivity contribution is -0.118. The highest BCUT2D eigenvalue weighted by Crippen LogP contribution is 2.25. The molecular weight excluding hydrogens is 314 g/mol. The summed E-state index contributed by atoms with van der Waals surface area (Å²) in [4.78, 5) is 22.8. The standard InChI is InChI=1S/C14H12ClNO4S/c1-8-6-9(15)2-3-10(8)16-12(17)7-20-11-4-5-21-13(11)14(18)19/h2-6H,7H2,1H3,(H,16,17)(H,18,19). The summed E-state index contributed by atoms with van der Waals surface area (Å²) in [7, 11) is 0. The van der Waals surface area contributed by atoms with Crippen LogP contribution in [0.5, 0.6) is 5.75 Å². The van der Waals surface area contributed by atoms with Gasteiger partial charge in [-0.05, 0) is 42.1 Å². The zero-order chi connectivity index (χ0) is 15.4. The van der Waals surface area contributed by atoms with E-state index in [1.807, 2.05) is 6.92 Å². The van der Waals surface area contributed by atoms with Crippen LogP contribution in [-0.4, -0.2) is 23.6 Å². The minimum absolute atomic E-state index is 0.0745. The number of ether oxygens (including phenoxy) is 1. The predicted octanol–water partition coefficient (Wildman–Crippen LogP) is 3.43. The highest BCUT2D eigenvalue weighted by molar-refractivity contribution is 7.12. The first-order valence-electron chi connectivity index (χ1n) is 5.97. The third kappa shape index (κ3) is 3.96. The lowest BCUT2D eigenvalue weighted by Crippen LogP contribution is -2.21. The fourth-order valence-corrected chi connectivity index (χ4v) is 2.56. The minimum atomic E-state index is -1.08. The Hall–Kier alpha value is -2.05. The zero-order valence-electron chi connectivity index (χ0n) is 11.1. The average Bonchev–Trinajstić information content (AvgIpc) is 2.88. The van der Waals surface area contributed by atoms with Gasteiger partial charge in [0.2, 0.25) is 0 Å². The number of nitrogens with one attached hydrogen (secondary N) is 1. The van der Waals surface area contributed by atoms with Crippen molar-refractivity contribution in [3.8, 4) is 5.75 Å². The SMILES string of the molecule is Cc1cc(Cl)ccc1NC(=O)COc1ccsc1C(=O)O. The molecular formula is C14H12ClNO4S. The molecule has 5 nitrogen and oxygen atoms in total. The second kappa shape index (κ2) is 6.60. The first-order valence-corrected chi connectivity index (χ1v) is 7.22. The van der Waals surface area contributed by atoms with Gasteiger partial charge < -0.3 is 15.2 Å². The van der Waals surface area contributed by atoms with E-state index in [1.54, 1.807) is 23.6 Å². The maximum Gasteiger partial charge on any atom is 0.349 e. The molecule has 110 valence electrons. The van der Waals surface area contributed by atoms with Gasteiger partial charge in [0, 0.05) is 10.7 Å². The molecule has 2 aromatic rings. The molecule has 7 heteroatoms. The number of thiophene rings is 1. The van der Waals surface area contributed by atoms with Crippen LogP contribution < -0.4 is 10.1 Å². The molecule has 1 aromatic carbocycles. The molecule has 1 amide bonds. The second-order valence-corrected chi connectivity index (χ2v) is 5.57. The third-order valence-electron chi connectivity index (χ3n) is 2.64. The molecule has 21 heavy (non-hydrogen) atoms. The molecule has 0 saturated carbocycles. The van der Waals surface area contributed by atoms with Crippen LogP contribution in [0.2, 0.25) is 5.02 Å². The van der Waals surface area contributed by atoms with Gasteiger partial charge in [-0.2, -0.15) is 0 Å². The molecule has 1 aromatic heterocycles. The highest BCUT2D eigenvalue weighted by Gasteiger charge is 2.14. The molecule has 0 aliphatic heterocycles. The van der Waals surface area contributed by atoms with Gasteiger partial charge in [0.1, 0.15) is 5.75 Å². The molecule has 2 rings (SSSR count). The number of carbonyl (C=O) groups excluding carboxylic acids is 1. The Morgan fingerprint density at radius 3 is 2.81 bits per heavy atom. The van der Waals surface area contributed by atoms with Crippen molar-refractivity contribution in [2.75, 3.05) is 11.9 Å². The van der Waals surface area contributed by atoms with Gasteiger partial charge in [-0.15, -0.1) is 11.3 Å². The van der Waals surface area contributed by atoms with E-state index in [4.69, 9.17) is 21.4 Å². The van der Waals surface area contributed by atoms with E-state index in [9.17, 15) is 9.59 Å². The molecule has 0 bridgehead atoms. The van der Waals surface area contributed by atoms with Crippen molar-refractivity contribution < 1.29 is 19.4 Å². The van der Waals surface area contributed by atoms with Crippen LogP contribution in [0.1, 0.15) is 15.2 Å². The van der Waals surface area contributed by atoms with Crippen molar-refractivity contribution >= 4 is 40.5 Å². The fourth-order valence-electron chi connectivity index (χ4n) is 1.66. The first kappa shape index (κ1) is 15.3. The Kier molecular flexibility index (Phi) is 4.82. The van der Waals surface area contributed by atoms with Crippen LogP contribution in [0.25, 0.3) is 0 Å². The summed E-state index contributed by atoms with van der Waals surface area (Å²) in [6.45, 7) is 1.56. The highest BCUT2D eigenvalue weighted by atomic mass is 35.5. The number of amides is 1. The number of aromatic carboxylic acids is 1. The normalized spacial score (nSPS) is 10.2. The smallest absolute Gasteiger partial charge is 0.349 e. The maximum atomic E-state index is 11.8. The van der Waals surface area contributed by atoms with Gasteiger partial charge in [0.05, 0.1) is 0 Å². The zero-order valence-corrected chi connectivity index (χ0v) is 12.6. The monoisotopic (exact) mass is 325 g/mol. The van der Waals surface area contributed by atoms with E-state index >= 15 is 0 Å². The number of aryl methyl sites for hydroxylation is 1. The average molecular weight is 326 g/mol. The Bertz CT molecular complexity index is 683. The molecule has 0 aliphatic carbocycles. The minimum Gasteiger partial charge on any atom is -0.482 e. The molecule has 0 radical (unpaired) electrons. The lowest BCUT2D eigenvalue weighted by atomic mass is 10.2. The summed E-state index contributed by atoms with van der Waals surface area (Å²) < 4.78 is 5.23. The van der Waals surface area contributed by atoms with E-state index in [-0.39, 0.29) is 23.1 Å². The van der Waals surface area contributed by atoms with Crippen LogP contribution in [0.4, 0.5) is 5.69 Å². The van der Waals surface area contributed by atoms with Gasteiger partial charge in [0.25, 0.3) is 5.91 Å². The first-order chi connectivity index (χ1) is 9.97. The van der Waals surface area contributed by atoms with Gasteiger partial charge in [0.15, 0.2) is 11.5 Å². The molecule has 0 unspecified atom stereocenters. The Balaban J connectivity index is 1.96. The van der Waals surface area contributed by atoms with Crippen molar-refractivity contribution in [2.45, 2.75) is 6.92 Å². The van der Waals surface area contributed by atoms with Crippen molar-refractivity contribution in [1.82, 2.24) is 0 Å². The largest absolute Gasteiger partial charge is 0.482 e. The third-order valence-corrected chi connectivity index (χ3v) is 3.76. The van der Waals surface area contributed by atoms with E-state index in [0.717, 1.165) is 16.9 Å². The Morgan fingerprint density at radius 2 is 2.14 bits per heavy atom.